The molecule has 0 aromatic carbocycles. The van der Waals surface area contributed by atoms with Crippen LogP contribution in [0.25, 0.3) is 0 Å². The quantitative estimate of drug-likeness (QED) is 0.840. The van der Waals surface area contributed by atoms with Crippen LogP contribution in [0.15, 0.2) is 0 Å². The number of fused-ring (bicyclic) bond motifs is 1. The van der Waals surface area contributed by atoms with E-state index in [-0.39, 0.29) is 0 Å². The number of nitrogens with zero attached hydrogens (tertiary/aromatic N) is 2. The number of hydrogen-bond donors (Lipinski definition) is 2. The lowest BCUT2D eigenvalue weighted by molar-refractivity contribution is 0.377. The minimum absolute atomic E-state index is 0.517. The Balaban J connectivity index is 1.92. The van der Waals surface area contributed by atoms with E-state index in [1.807, 2.05) is 13.8 Å². The Bertz CT molecular complexity index is 644. The maximum absolute atomic E-state index is 11.5. The Kier molecular flexibility index (Phi) is 3.62. The van der Waals surface area contributed by atoms with Gasteiger partial charge in [0.2, 0.25) is 10.0 Å². The van der Waals surface area contributed by atoms with E-state index >= 15 is 0 Å². The zero-order valence-corrected chi connectivity index (χ0v) is 13.8. The van der Waals surface area contributed by atoms with Crippen LogP contribution in [-0.2, 0) is 29.5 Å². The molecule has 1 fully saturated rings. The molecule has 1 aromatic heterocycles. The molecule has 1 saturated carbocycles. The molecule has 1 aromatic rings. The van der Waals surface area contributed by atoms with Gasteiger partial charge in [-0.25, -0.2) is 18.1 Å². The van der Waals surface area contributed by atoms with Gasteiger partial charge in [-0.3, -0.25) is 0 Å². The zero-order chi connectivity index (χ0) is 15.3. The predicted octanol–water partition coefficient (Wildman–Crippen LogP) is 0.734. The monoisotopic (exact) mass is 312 g/mol. The number of nitrogens with one attached hydrogen (secondary N) is 2. The van der Waals surface area contributed by atoms with Gasteiger partial charge in [-0.1, -0.05) is 0 Å². The predicted molar refractivity (Wildman–Crippen MR) is 81.7 cm³/mol. The van der Waals surface area contributed by atoms with E-state index < -0.39 is 15.6 Å². The van der Waals surface area contributed by atoms with Crippen molar-refractivity contribution in [1.29, 1.82) is 0 Å². The molecule has 0 atom stereocenters. The van der Waals surface area contributed by atoms with Crippen LogP contribution in [0, 0.1) is 0 Å². The van der Waals surface area contributed by atoms with Gasteiger partial charge in [0.05, 0.1) is 11.9 Å². The Hall–Kier alpha value is -0.920. The summed E-state index contributed by atoms with van der Waals surface area (Å²) in [6.07, 6.45) is 4.57. The fourth-order valence-corrected chi connectivity index (χ4v) is 4.22. The summed E-state index contributed by atoms with van der Waals surface area (Å²) in [4.78, 5) is 4.82. The van der Waals surface area contributed by atoms with Gasteiger partial charge >= 0.3 is 0 Å². The standard InChI is InChI=1S/C14H24N4O2S/c1-14(2,17-21(3,19)20)9-18-12-6-7-15-8-11(12)16-13(18)10-4-5-10/h10,15,17H,4-9H2,1-3H3. The number of aromatic nitrogens is 2. The molecule has 0 bridgehead atoms. The Labute approximate surface area is 126 Å². The lowest BCUT2D eigenvalue weighted by atomic mass is 10.1. The van der Waals surface area contributed by atoms with Crippen LogP contribution in [0.5, 0.6) is 0 Å². The van der Waals surface area contributed by atoms with Gasteiger partial charge in [0.1, 0.15) is 5.82 Å². The van der Waals surface area contributed by atoms with Crippen LogP contribution in [-0.4, -0.2) is 36.3 Å². The summed E-state index contributed by atoms with van der Waals surface area (Å²) >= 11 is 0. The smallest absolute Gasteiger partial charge is 0.209 e. The molecule has 2 N–H and O–H groups in total. The van der Waals surface area contributed by atoms with Crippen molar-refractivity contribution in [3.05, 3.63) is 17.2 Å². The average Bonchev–Trinajstić information content (AvgIpc) is 3.11. The number of sulfonamides is 1. The average molecular weight is 312 g/mol. The summed E-state index contributed by atoms with van der Waals surface area (Å²) < 4.78 is 28.1. The van der Waals surface area contributed by atoms with Crippen LogP contribution >= 0.6 is 0 Å². The highest BCUT2D eigenvalue weighted by molar-refractivity contribution is 7.88. The molecule has 0 amide bonds. The first-order valence-electron chi connectivity index (χ1n) is 7.53. The van der Waals surface area contributed by atoms with Gasteiger partial charge in [0, 0.05) is 43.2 Å². The van der Waals surface area contributed by atoms with E-state index in [0.29, 0.717) is 12.5 Å². The third kappa shape index (κ3) is 3.46. The van der Waals surface area contributed by atoms with E-state index in [4.69, 9.17) is 4.98 Å². The van der Waals surface area contributed by atoms with Crippen molar-refractivity contribution < 1.29 is 8.42 Å². The van der Waals surface area contributed by atoms with E-state index in [1.54, 1.807) is 0 Å². The largest absolute Gasteiger partial charge is 0.330 e. The first-order chi connectivity index (χ1) is 9.75. The highest BCUT2D eigenvalue weighted by atomic mass is 32.2. The minimum atomic E-state index is -3.22. The topological polar surface area (TPSA) is 76.0 Å². The highest BCUT2D eigenvalue weighted by Gasteiger charge is 2.34. The molecule has 1 aliphatic heterocycles. The fraction of sp³-hybridized carbons (Fsp3) is 0.786. The summed E-state index contributed by atoms with van der Waals surface area (Å²) in [6, 6.07) is 0. The van der Waals surface area contributed by atoms with Crippen molar-refractivity contribution in [3.8, 4) is 0 Å². The number of imidazole rings is 1. The van der Waals surface area contributed by atoms with Gasteiger partial charge in [0.15, 0.2) is 0 Å². The van der Waals surface area contributed by atoms with Crippen molar-refractivity contribution in [2.24, 2.45) is 0 Å². The second kappa shape index (κ2) is 5.07. The van der Waals surface area contributed by atoms with Crippen LogP contribution in [0.3, 0.4) is 0 Å². The van der Waals surface area contributed by atoms with Crippen LogP contribution in [0.2, 0.25) is 0 Å². The van der Waals surface area contributed by atoms with Gasteiger partial charge in [-0.2, -0.15) is 0 Å². The Morgan fingerprint density at radius 3 is 2.76 bits per heavy atom. The summed E-state index contributed by atoms with van der Waals surface area (Å²) in [5, 5.41) is 3.35. The first-order valence-corrected chi connectivity index (χ1v) is 9.42. The Morgan fingerprint density at radius 1 is 1.43 bits per heavy atom. The molecule has 7 heteroatoms. The molecule has 21 heavy (non-hydrogen) atoms. The summed E-state index contributed by atoms with van der Waals surface area (Å²) in [5.74, 6) is 1.71. The summed E-state index contributed by atoms with van der Waals surface area (Å²) in [6.45, 7) is 6.27. The van der Waals surface area contributed by atoms with E-state index in [2.05, 4.69) is 14.6 Å². The van der Waals surface area contributed by atoms with Gasteiger partial charge in [-0.05, 0) is 26.7 Å². The molecule has 3 rings (SSSR count). The first kappa shape index (κ1) is 15.0. The third-order valence-electron chi connectivity index (χ3n) is 3.97. The van der Waals surface area contributed by atoms with E-state index in [1.165, 1.54) is 24.8 Å². The Morgan fingerprint density at radius 2 is 2.14 bits per heavy atom. The fourth-order valence-electron chi connectivity index (χ4n) is 3.15. The molecule has 1 aliphatic carbocycles. The molecular formula is C14H24N4O2S. The van der Waals surface area contributed by atoms with Crippen molar-refractivity contribution in [2.75, 3.05) is 12.8 Å². The SMILES string of the molecule is CC(C)(Cn1c(C2CC2)nc2c1CCNC2)NS(C)(=O)=O. The van der Waals surface area contributed by atoms with Gasteiger partial charge in [0.25, 0.3) is 0 Å². The van der Waals surface area contributed by atoms with Crippen molar-refractivity contribution in [2.45, 2.75) is 57.7 Å². The second-order valence-corrected chi connectivity index (χ2v) is 8.66. The molecule has 2 aliphatic rings. The lowest BCUT2D eigenvalue weighted by Crippen LogP contribution is -2.46. The van der Waals surface area contributed by atoms with Crippen molar-refractivity contribution in [3.63, 3.8) is 0 Å². The van der Waals surface area contributed by atoms with Crippen LogP contribution in [0.1, 0.15) is 49.8 Å². The van der Waals surface area contributed by atoms with Crippen molar-refractivity contribution in [1.82, 2.24) is 19.6 Å². The highest BCUT2D eigenvalue weighted by Crippen LogP contribution is 2.41. The molecule has 2 heterocycles. The molecule has 0 radical (unpaired) electrons. The van der Waals surface area contributed by atoms with Gasteiger partial charge in [-0.15, -0.1) is 0 Å². The summed E-state index contributed by atoms with van der Waals surface area (Å²) in [5.41, 5.74) is 1.90. The zero-order valence-electron chi connectivity index (χ0n) is 12.9. The van der Waals surface area contributed by atoms with Crippen LogP contribution in [0.4, 0.5) is 0 Å². The maximum Gasteiger partial charge on any atom is 0.209 e. The van der Waals surface area contributed by atoms with Gasteiger partial charge < -0.3 is 9.88 Å². The second-order valence-electron chi connectivity index (χ2n) is 6.91. The third-order valence-corrected chi connectivity index (χ3v) is 4.90. The van der Waals surface area contributed by atoms with Crippen LogP contribution < -0.4 is 10.0 Å². The molecule has 0 unspecified atom stereocenters. The molecule has 0 spiro atoms. The number of rotatable bonds is 5. The normalized spacial score (nSPS) is 19.6. The minimum Gasteiger partial charge on any atom is -0.330 e. The number of hydrogen-bond acceptors (Lipinski definition) is 4. The molecule has 0 saturated heterocycles. The molecule has 118 valence electrons. The van der Waals surface area contributed by atoms with Crippen molar-refractivity contribution >= 4 is 10.0 Å². The lowest BCUT2D eigenvalue weighted by Gasteiger charge is -2.28. The van der Waals surface area contributed by atoms with E-state index in [0.717, 1.165) is 31.0 Å². The van der Waals surface area contributed by atoms with E-state index in [9.17, 15) is 8.42 Å². The maximum atomic E-state index is 11.5. The molecular weight excluding hydrogens is 288 g/mol. The summed E-state index contributed by atoms with van der Waals surface area (Å²) in [7, 11) is -3.22. The molecule has 6 nitrogen and oxygen atoms in total.